The molecule has 4 N–H and O–H groups in total. The normalized spacial score (nSPS) is 14.0. The first kappa shape index (κ1) is 14.7. The van der Waals surface area contributed by atoms with E-state index in [1.807, 2.05) is 0 Å². The summed E-state index contributed by atoms with van der Waals surface area (Å²) in [6.45, 7) is 0. The Morgan fingerprint density at radius 2 is 2.28 bits per heavy atom. The van der Waals surface area contributed by atoms with E-state index in [4.69, 9.17) is 17.3 Å². The van der Waals surface area contributed by atoms with Crippen LogP contribution in [0.5, 0.6) is 0 Å². The molecule has 1 aromatic heterocycles. The lowest BCUT2D eigenvalue weighted by atomic mass is 10.0. The predicted octanol–water partition coefficient (Wildman–Crippen LogP) is 0.474. The Kier molecular flexibility index (Phi) is 5.33. The number of rotatable bonds is 5. The maximum atomic E-state index is 11.3. The Morgan fingerprint density at radius 1 is 1.61 bits per heavy atom. The van der Waals surface area contributed by atoms with Crippen LogP contribution in [0.1, 0.15) is 28.4 Å². The van der Waals surface area contributed by atoms with Gasteiger partial charge in [-0.25, -0.2) is 9.78 Å². The first-order valence-corrected chi connectivity index (χ1v) is 5.80. The van der Waals surface area contributed by atoms with Gasteiger partial charge < -0.3 is 20.7 Å². The summed E-state index contributed by atoms with van der Waals surface area (Å²) in [6.07, 6.45) is -0.879. The lowest BCUT2D eigenvalue weighted by Crippen LogP contribution is -2.21. The fourth-order valence-corrected chi connectivity index (χ4v) is 1.66. The molecule has 0 saturated carbocycles. The number of nitrogens with zero attached hydrogens (tertiary/aromatic N) is 1. The van der Waals surface area contributed by atoms with Crippen LogP contribution in [0.25, 0.3) is 0 Å². The second-order valence-corrected chi connectivity index (χ2v) is 4.06. The minimum absolute atomic E-state index is 0.0452. The van der Waals surface area contributed by atoms with Gasteiger partial charge in [-0.15, -0.1) is 11.6 Å². The molecular formula is C11H15ClN2O4. The minimum atomic E-state index is -1.25. The van der Waals surface area contributed by atoms with Crippen LogP contribution in [0.3, 0.4) is 0 Å². The van der Waals surface area contributed by atoms with Crippen molar-refractivity contribution in [2.24, 2.45) is 0 Å². The van der Waals surface area contributed by atoms with Gasteiger partial charge in [0.2, 0.25) is 0 Å². The molecule has 0 aromatic carbocycles. The summed E-state index contributed by atoms with van der Waals surface area (Å²) < 4.78 is 4.53. The van der Waals surface area contributed by atoms with Crippen molar-refractivity contribution in [2.75, 3.05) is 18.7 Å². The van der Waals surface area contributed by atoms with E-state index >= 15 is 0 Å². The quantitative estimate of drug-likeness (QED) is 0.532. The number of aromatic nitrogens is 1. The van der Waals surface area contributed by atoms with Crippen LogP contribution in [-0.4, -0.2) is 40.3 Å². The van der Waals surface area contributed by atoms with E-state index in [0.717, 1.165) is 0 Å². The summed E-state index contributed by atoms with van der Waals surface area (Å²) in [6, 6.07) is 1.34. The van der Waals surface area contributed by atoms with Gasteiger partial charge in [0.25, 0.3) is 0 Å². The number of aliphatic hydroxyl groups is 2. The second-order valence-electron chi connectivity index (χ2n) is 3.68. The highest BCUT2D eigenvalue weighted by Gasteiger charge is 2.22. The number of carbonyl (C=O) groups excluding carboxylic acids is 1. The average molecular weight is 275 g/mol. The van der Waals surface area contributed by atoms with Crippen LogP contribution in [0.2, 0.25) is 0 Å². The Bertz CT molecular complexity index is 428. The van der Waals surface area contributed by atoms with E-state index in [9.17, 15) is 15.0 Å². The molecule has 0 aliphatic rings. The lowest BCUT2D eigenvalue weighted by molar-refractivity contribution is 0.0171. The average Bonchev–Trinajstić information content (AvgIpc) is 2.37. The van der Waals surface area contributed by atoms with Gasteiger partial charge in [0.15, 0.2) is 0 Å². The molecule has 0 spiro atoms. The van der Waals surface area contributed by atoms with E-state index < -0.39 is 18.2 Å². The number of alkyl halides is 1. The molecule has 2 unspecified atom stereocenters. The number of hydrogen-bond donors (Lipinski definition) is 3. The van der Waals surface area contributed by atoms with Crippen LogP contribution in [0.15, 0.2) is 12.3 Å². The highest BCUT2D eigenvalue weighted by molar-refractivity contribution is 6.17. The summed E-state index contributed by atoms with van der Waals surface area (Å²) in [7, 11) is 1.23. The smallest absolute Gasteiger partial charge is 0.339 e. The highest BCUT2D eigenvalue weighted by atomic mass is 35.5. The molecule has 0 saturated heterocycles. The Balaban J connectivity index is 3.03. The molecule has 0 amide bonds. The first-order chi connectivity index (χ1) is 8.51. The van der Waals surface area contributed by atoms with Crippen LogP contribution in [0.4, 0.5) is 5.82 Å². The number of esters is 1. The molecule has 100 valence electrons. The number of hydrogen-bond acceptors (Lipinski definition) is 6. The molecule has 1 rings (SSSR count). The van der Waals surface area contributed by atoms with Gasteiger partial charge in [0, 0.05) is 17.6 Å². The van der Waals surface area contributed by atoms with Crippen molar-refractivity contribution in [1.29, 1.82) is 0 Å². The van der Waals surface area contributed by atoms with Crippen molar-refractivity contribution >= 4 is 23.4 Å². The van der Waals surface area contributed by atoms with Crippen LogP contribution in [0, 0.1) is 0 Å². The third-order valence-corrected chi connectivity index (χ3v) is 2.68. The summed E-state index contributed by atoms with van der Waals surface area (Å²) in [4.78, 5) is 15.1. The largest absolute Gasteiger partial charge is 0.465 e. The van der Waals surface area contributed by atoms with Crippen LogP contribution in [-0.2, 0) is 4.74 Å². The van der Waals surface area contributed by atoms with Gasteiger partial charge in [-0.1, -0.05) is 0 Å². The molecule has 1 aromatic rings. The van der Waals surface area contributed by atoms with Crippen LogP contribution >= 0.6 is 11.6 Å². The number of halogens is 1. The SMILES string of the molecule is COC(=O)c1cnc(N)c(C(O)C(O)CCCl)c1. The molecule has 1 heterocycles. The monoisotopic (exact) mass is 274 g/mol. The molecule has 0 fully saturated rings. The van der Waals surface area contributed by atoms with Gasteiger partial charge in [-0.3, -0.25) is 0 Å². The molecule has 0 radical (unpaired) electrons. The Labute approximate surface area is 109 Å². The number of ether oxygens (including phenoxy) is 1. The van der Waals surface area contributed by atoms with Crippen molar-refractivity contribution in [3.05, 3.63) is 23.4 Å². The summed E-state index contributed by atoms with van der Waals surface area (Å²) in [5.41, 5.74) is 5.93. The van der Waals surface area contributed by atoms with Crippen LogP contribution < -0.4 is 5.73 Å². The molecule has 0 bridgehead atoms. The van der Waals surface area contributed by atoms with E-state index in [1.165, 1.54) is 19.4 Å². The molecule has 0 aliphatic heterocycles. The standard InChI is InChI=1S/C11H15ClN2O4/c1-18-11(17)6-4-7(10(13)14-5-6)9(16)8(15)2-3-12/h4-5,8-9,15-16H,2-3H2,1H3,(H2,13,14). The summed E-state index contributed by atoms with van der Waals surface area (Å²) >= 11 is 5.48. The molecule has 6 nitrogen and oxygen atoms in total. The number of anilines is 1. The lowest BCUT2D eigenvalue weighted by Gasteiger charge is -2.18. The van der Waals surface area contributed by atoms with Gasteiger partial charge in [0.05, 0.1) is 18.8 Å². The van der Waals surface area contributed by atoms with Crippen molar-refractivity contribution in [2.45, 2.75) is 18.6 Å². The minimum Gasteiger partial charge on any atom is -0.465 e. The number of pyridine rings is 1. The van der Waals surface area contributed by atoms with E-state index in [1.54, 1.807) is 0 Å². The van der Waals surface area contributed by atoms with Gasteiger partial charge in [-0.05, 0) is 12.5 Å². The number of nitrogen functional groups attached to an aromatic ring is 1. The van der Waals surface area contributed by atoms with Gasteiger partial charge in [0.1, 0.15) is 11.9 Å². The number of aliphatic hydroxyl groups excluding tert-OH is 2. The maximum absolute atomic E-state index is 11.3. The van der Waals surface area contributed by atoms with E-state index in [-0.39, 0.29) is 29.2 Å². The zero-order chi connectivity index (χ0) is 13.7. The summed E-state index contributed by atoms with van der Waals surface area (Å²) in [5.74, 6) is -0.353. The van der Waals surface area contributed by atoms with E-state index in [2.05, 4.69) is 9.72 Å². The van der Waals surface area contributed by atoms with Crippen molar-refractivity contribution in [3.8, 4) is 0 Å². The first-order valence-electron chi connectivity index (χ1n) is 5.27. The maximum Gasteiger partial charge on any atom is 0.339 e. The highest BCUT2D eigenvalue weighted by Crippen LogP contribution is 2.24. The zero-order valence-electron chi connectivity index (χ0n) is 9.84. The molecule has 18 heavy (non-hydrogen) atoms. The third-order valence-electron chi connectivity index (χ3n) is 2.46. The van der Waals surface area contributed by atoms with Crippen molar-refractivity contribution in [3.63, 3.8) is 0 Å². The number of methoxy groups -OCH3 is 1. The molecular weight excluding hydrogens is 260 g/mol. The third kappa shape index (κ3) is 3.32. The topological polar surface area (TPSA) is 106 Å². The Hall–Kier alpha value is -1.37. The molecule has 0 aliphatic carbocycles. The fourth-order valence-electron chi connectivity index (χ4n) is 1.44. The second kappa shape index (κ2) is 6.53. The fraction of sp³-hybridized carbons (Fsp3) is 0.455. The molecule has 2 atom stereocenters. The summed E-state index contributed by atoms with van der Waals surface area (Å²) in [5, 5.41) is 19.5. The van der Waals surface area contributed by atoms with E-state index in [0.29, 0.717) is 0 Å². The molecule has 7 heteroatoms. The van der Waals surface area contributed by atoms with Crippen molar-refractivity contribution in [1.82, 2.24) is 4.98 Å². The van der Waals surface area contributed by atoms with Gasteiger partial charge >= 0.3 is 5.97 Å². The number of carbonyl (C=O) groups is 1. The van der Waals surface area contributed by atoms with Gasteiger partial charge in [-0.2, -0.15) is 0 Å². The zero-order valence-corrected chi connectivity index (χ0v) is 10.6. The Morgan fingerprint density at radius 3 is 2.83 bits per heavy atom. The predicted molar refractivity (Wildman–Crippen MR) is 66.3 cm³/mol. The number of nitrogens with two attached hydrogens (primary N) is 1. The van der Waals surface area contributed by atoms with Crippen molar-refractivity contribution < 1.29 is 19.7 Å².